The van der Waals surface area contributed by atoms with Crippen LogP contribution in [0.3, 0.4) is 0 Å². The highest BCUT2D eigenvalue weighted by molar-refractivity contribution is 6.04. The van der Waals surface area contributed by atoms with Gasteiger partial charge in [-0.2, -0.15) is 0 Å². The predicted molar refractivity (Wildman–Crippen MR) is 94.1 cm³/mol. The fraction of sp³-hybridized carbons (Fsp3) is 0.389. The third-order valence-electron chi connectivity index (χ3n) is 3.78. The topological polar surface area (TPSA) is 49.3 Å². The Hall–Kier alpha value is -2.43. The Bertz CT molecular complexity index is 668. The zero-order valence-electron chi connectivity index (χ0n) is 14.3. The summed E-state index contributed by atoms with van der Waals surface area (Å²) in [4.78, 5) is 25.4. The van der Waals surface area contributed by atoms with Crippen molar-refractivity contribution in [2.45, 2.75) is 27.7 Å². The van der Waals surface area contributed by atoms with Gasteiger partial charge in [0.2, 0.25) is 5.95 Å². The highest BCUT2D eigenvalue weighted by Crippen LogP contribution is 2.18. The van der Waals surface area contributed by atoms with E-state index in [2.05, 4.69) is 9.97 Å². The molecule has 0 unspecified atom stereocenters. The number of hydrogen-bond acceptors (Lipinski definition) is 4. The van der Waals surface area contributed by atoms with Gasteiger partial charge in [-0.1, -0.05) is 12.1 Å². The SMILES string of the molecule is CCN(CC)c1nccc(C(=O)N(CC)c2cccc(C)c2)n1. The van der Waals surface area contributed by atoms with E-state index in [0.717, 1.165) is 24.3 Å². The van der Waals surface area contributed by atoms with Gasteiger partial charge in [0.15, 0.2) is 0 Å². The first-order valence-corrected chi connectivity index (χ1v) is 8.07. The molecule has 0 fully saturated rings. The van der Waals surface area contributed by atoms with Gasteiger partial charge in [-0.25, -0.2) is 9.97 Å². The largest absolute Gasteiger partial charge is 0.341 e. The summed E-state index contributed by atoms with van der Waals surface area (Å²) in [5.41, 5.74) is 2.44. The van der Waals surface area contributed by atoms with Gasteiger partial charge in [-0.05, 0) is 51.5 Å². The van der Waals surface area contributed by atoms with Crippen molar-refractivity contribution < 1.29 is 4.79 Å². The Morgan fingerprint density at radius 2 is 1.83 bits per heavy atom. The maximum atomic E-state index is 12.9. The van der Waals surface area contributed by atoms with Gasteiger partial charge in [0.25, 0.3) is 5.91 Å². The van der Waals surface area contributed by atoms with Crippen LogP contribution in [-0.2, 0) is 0 Å². The number of anilines is 2. The van der Waals surface area contributed by atoms with E-state index in [1.54, 1.807) is 17.2 Å². The zero-order chi connectivity index (χ0) is 16.8. The van der Waals surface area contributed by atoms with E-state index in [0.29, 0.717) is 18.2 Å². The van der Waals surface area contributed by atoms with Gasteiger partial charge in [0.05, 0.1) is 0 Å². The average molecular weight is 312 g/mol. The standard InChI is InChI=1S/C18H24N4O/c1-5-21(6-2)18-19-12-11-16(20-18)17(23)22(7-3)15-10-8-9-14(4)13-15/h8-13H,5-7H2,1-4H3. The van der Waals surface area contributed by atoms with Crippen molar-refractivity contribution >= 4 is 17.5 Å². The minimum absolute atomic E-state index is 0.103. The minimum atomic E-state index is -0.103. The first kappa shape index (κ1) is 16.9. The van der Waals surface area contributed by atoms with Gasteiger partial charge >= 0.3 is 0 Å². The summed E-state index contributed by atoms with van der Waals surface area (Å²) in [6.07, 6.45) is 1.65. The monoisotopic (exact) mass is 312 g/mol. The predicted octanol–water partition coefficient (Wildman–Crippen LogP) is 3.30. The summed E-state index contributed by atoms with van der Waals surface area (Å²) in [5, 5.41) is 0. The second-order valence-electron chi connectivity index (χ2n) is 5.30. The molecule has 0 radical (unpaired) electrons. The number of carbonyl (C=O) groups excluding carboxylic acids is 1. The van der Waals surface area contributed by atoms with Crippen molar-refractivity contribution in [3.63, 3.8) is 0 Å². The van der Waals surface area contributed by atoms with Crippen molar-refractivity contribution in [3.05, 3.63) is 47.8 Å². The fourth-order valence-electron chi connectivity index (χ4n) is 2.50. The Kier molecular flexibility index (Phi) is 5.68. The van der Waals surface area contributed by atoms with E-state index in [-0.39, 0.29) is 5.91 Å². The molecule has 2 aromatic rings. The first-order valence-electron chi connectivity index (χ1n) is 8.07. The van der Waals surface area contributed by atoms with Gasteiger partial charge in [0, 0.05) is 31.5 Å². The number of nitrogens with zero attached hydrogens (tertiary/aromatic N) is 4. The lowest BCUT2D eigenvalue weighted by Crippen LogP contribution is -2.32. The van der Waals surface area contributed by atoms with Crippen LogP contribution in [-0.4, -0.2) is 35.5 Å². The molecular weight excluding hydrogens is 288 g/mol. The van der Waals surface area contributed by atoms with Crippen LogP contribution in [0.25, 0.3) is 0 Å². The smallest absolute Gasteiger partial charge is 0.277 e. The van der Waals surface area contributed by atoms with Crippen molar-refractivity contribution in [2.24, 2.45) is 0 Å². The number of amides is 1. The molecule has 23 heavy (non-hydrogen) atoms. The number of aromatic nitrogens is 2. The number of carbonyl (C=O) groups is 1. The molecule has 1 heterocycles. The molecule has 1 aromatic carbocycles. The Morgan fingerprint density at radius 3 is 2.43 bits per heavy atom. The van der Waals surface area contributed by atoms with E-state index in [9.17, 15) is 4.79 Å². The molecule has 122 valence electrons. The van der Waals surface area contributed by atoms with Crippen LogP contribution in [0.4, 0.5) is 11.6 Å². The van der Waals surface area contributed by atoms with Crippen LogP contribution >= 0.6 is 0 Å². The molecule has 0 atom stereocenters. The lowest BCUT2D eigenvalue weighted by atomic mass is 10.2. The molecular formula is C18H24N4O. The van der Waals surface area contributed by atoms with Crippen molar-refractivity contribution in [1.29, 1.82) is 0 Å². The number of benzene rings is 1. The lowest BCUT2D eigenvalue weighted by Gasteiger charge is -2.22. The maximum Gasteiger partial charge on any atom is 0.277 e. The van der Waals surface area contributed by atoms with Crippen LogP contribution in [0, 0.1) is 6.92 Å². The van der Waals surface area contributed by atoms with E-state index in [1.165, 1.54) is 0 Å². The molecule has 0 bridgehead atoms. The first-order chi connectivity index (χ1) is 11.1. The van der Waals surface area contributed by atoms with E-state index < -0.39 is 0 Å². The van der Waals surface area contributed by atoms with Crippen molar-refractivity contribution in [2.75, 3.05) is 29.4 Å². The van der Waals surface area contributed by atoms with E-state index in [4.69, 9.17) is 0 Å². The molecule has 0 N–H and O–H groups in total. The Labute approximate surface area is 138 Å². The third-order valence-corrected chi connectivity index (χ3v) is 3.78. The molecule has 5 heteroatoms. The second-order valence-corrected chi connectivity index (χ2v) is 5.30. The summed E-state index contributed by atoms with van der Waals surface area (Å²) < 4.78 is 0. The van der Waals surface area contributed by atoms with E-state index >= 15 is 0 Å². The van der Waals surface area contributed by atoms with Crippen LogP contribution in [0.5, 0.6) is 0 Å². The second kappa shape index (κ2) is 7.72. The normalized spacial score (nSPS) is 10.4. The highest BCUT2D eigenvalue weighted by atomic mass is 16.2. The molecule has 1 aromatic heterocycles. The molecule has 1 amide bonds. The highest BCUT2D eigenvalue weighted by Gasteiger charge is 2.19. The maximum absolute atomic E-state index is 12.9. The zero-order valence-corrected chi connectivity index (χ0v) is 14.3. The van der Waals surface area contributed by atoms with Gasteiger partial charge < -0.3 is 9.80 Å². The summed E-state index contributed by atoms with van der Waals surface area (Å²) in [6, 6.07) is 9.61. The number of hydrogen-bond donors (Lipinski definition) is 0. The summed E-state index contributed by atoms with van der Waals surface area (Å²) in [5.74, 6) is 0.495. The van der Waals surface area contributed by atoms with Crippen LogP contribution in [0.2, 0.25) is 0 Å². The third kappa shape index (κ3) is 3.86. The molecule has 0 aliphatic rings. The lowest BCUT2D eigenvalue weighted by molar-refractivity contribution is 0.0983. The fourth-order valence-corrected chi connectivity index (χ4v) is 2.50. The Balaban J connectivity index is 2.33. The van der Waals surface area contributed by atoms with Crippen LogP contribution in [0.15, 0.2) is 36.5 Å². The molecule has 0 saturated carbocycles. The van der Waals surface area contributed by atoms with Crippen LogP contribution < -0.4 is 9.80 Å². The molecule has 2 rings (SSSR count). The molecule has 0 aliphatic carbocycles. The summed E-state index contributed by atoms with van der Waals surface area (Å²) >= 11 is 0. The van der Waals surface area contributed by atoms with Gasteiger partial charge in [-0.3, -0.25) is 4.79 Å². The number of rotatable bonds is 6. The minimum Gasteiger partial charge on any atom is -0.341 e. The van der Waals surface area contributed by atoms with Crippen molar-refractivity contribution in [1.82, 2.24) is 9.97 Å². The van der Waals surface area contributed by atoms with Crippen LogP contribution in [0.1, 0.15) is 36.8 Å². The van der Waals surface area contributed by atoms with Gasteiger partial charge in [-0.15, -0.1) is 0 Å². The quantitative estimate of drug-likeness (QED) is 0.821. The molecule has 0 saturated heterocycles. The molecule has 0 aliphatic heterocycles. The summed E-state index contributed by atoms with van der Waals surface area (Å²) in [6.45, 7) is 10.3. The average Bonchev–Trinajstić information content (AvgIpc) is 2.57. The van der Waals surface area contributed by atoms with Gasteiger partial charge in [0.1, 0.15) is 5.69 Å². The summed E-state index contributed by atoms with van der Waals surface area (Å²) in [7, 11) is 0. The molecule has 5 nitrogen and oxygen atoms in total. The molecule has 0 spiro atoms. The number of aryl methyl sites for hydroxylation is 1. The van der Waals surface area contributed by atoms with Crippen molar-refractivity contribution in [3.8, 4) is 0 Å². The van der Waals surface area contributed by atoms with E-state index in [1.807, 2.05) is 56.9 Å². The Morgan fingerprint density at radius 1 is 1.09 bits per heavy atom.